The van der Waals surface area contributed by atoms with E-state index in [9.17, 15) is 0 Å². The number of rotatable bonds is 10. The molecule has 0 unspecified atom stereocenters. The van der Waals surface area contributed by atoms with E-state index in [2.05, 4.69) is 45.1 Å². The topological polar surface area (TPSA) is 61.8 Å². The largest absolute Gasteiger partial charge is 0.385 e. The van der Waals surface area contributed by atoms with Crippen molar-refractivity contribution in [3.8, 4) is 10.6 Å². The SMILES string of the molecule is CN=C(NCCN(C)CCCOC)NCc1csc(-c2ccccc2)n1. The first-order valence-electron chi connectivity index (χ1n) is 8.84. The van der Waals surface area contributed by atoms with E-state index in [0.717, 1.165) is 54.9 Å². The number of guanidine groups is 1. The van der Waals surface area contributed by atoms with Gasteiger partial charge >= 0.3 is 0 Å². The highest BCUT2D eigenvalue weighted by Crippen LogP contribution is 2.23. The molecule has 0 amide bonds. The average Bonchev–Trinajstić information content (AvgIpc) is 3.14. The Kier molecular flexibility index (Phi) is 9.09. The van der Waals surface area contributed by atoms with Crippen LogP contribution in [0.1, 0.15) is 12.1 Å². The van der Waals surface area contributed by atoms with Crippen molar-refractivity contribution < 1.29 is 4.74 Å². The van der Waals surface area contributed by atoms with Crippen molar-refractivity contribution in [2.24, 2.45) is 4.99 Å². The summed E-state index contributed by atoms with van der Waals surface area (Å²) in [4.78, 5) is 11.2. The quantitative estimate of drug-likeness (QED) is 0.379. The highest BCUT2D eigenvalue weighted by molar-refractivity contribution is 7.13. The van der Waals surface area contributed by atoms with Crippen LogP contribution in [0, 0.1) is 0 Å². The molecular weight excluding hydrogens is 346 g/mol. The molecule has 0 radical (unpaired) electrons. The minimum Gasteiger partial charge on any atom is -0.385 e. The Bertz CT molecular complexity index is 659. The Labute approximate surface area is 160 Å². The number of nitrogens with zero attached hydrogens (tertiary/aromatic N) is 3. The maximum Gasteiger partial charge on any atom is 0.191 e. The van der Waals surface area contributed by atoms with Gasteiger partial charge in [-0.1, -0.05) is 30.3 Å². The maximum atomic E-state index is 5.08. The lowest BCUT2D eigenvalue weighted by Gasteiger charge is -2.17. The van der Waals surface area contributed by atoms with E-state index in [1.807, 2.05) is 18.2 Å². The zero-order valence-electron chi connectivity index (χ0n) is 15.9. The molecule has 0 bridgehead atoms. The van der Waals surface area contributed by atoms with Crippen molar-refractivity contribution in [1.82, 2.24) is 20.5 Å². The van der Waals surface area contributed by atoms with Gasteiger partial charge in [0.1, 0.15) is 5.01 Å². The molecule has 0 saturated carbocycles. The minimum atomic E-state index is 0.659. The molecule has 0 spiro atoms. The number of aliphatic imine (C=N–C) groups is 1. The van der Waals surface area contributed by atoms with Crippen LogP contribution in [-0.4, -0.2) is 63.3 Å². The average molecular weight is 376 g/mol. The van der Waals surface area contributed by atoms with Crippen molar-refractivity contribution in [2.75, 3.05) is 47.4 Å². The zero-order valence-corrected chi connectivity index (χ0v) is 16.7. The van der Waals surface area contributed by atoms with Gasteiger partial charge in [0.15, 0.2) is 5.96 Å². The summed E-state index contributed by atoms with van der Waals surface area (Å²) in [5.41, 5.74) is 2.18. The van der Waals surface area contributed by atoms with Gasteiger partial charge in [0, 0.05) is 51.3 Å². The molecule has 142 valence electrons. The maximum absolute atomic E-state index is 5.08. The fourth-order valence-electron chi connectivity index (χ4n) is 2.45. The standard InChI is InChI=1S/C19H29N5OS/c1-20-19(21-10-12-24(2)11-7-13-25-3)22-14-17-15-26-18(23-17)16-8-5-4-6-9-16/h4-6,8-9,15H,7,10-14H2,1-3H3,(H2,20,21,22). The van der Waals surface area contributed by atoms with E-state index in [4.69, 9.17) is 9.72 Å². The number of aromatic nitrogens is 1. The first kappa shape index (κ1) is 20.4. The van der Waals surface area contributed by atoms with Crippen LogP contribution in [0.2, 0.25) is 0 Å². The van der Waals surface area contributed by atoms with Crippen LogP contribution in [0.15, 0.2) is 40.7 Å². The molecule has 6 nitrogen and oxygen atoms in total. The van der Waals surface area contributed by atoms with Crippen molar-refractivity contribution in [3.63, 3.8) is 0 Å². The zero-order chi connectivity index (χ0) is 18.6. The molecule has 0 atom stereocenters. The van der Waals surface area contributed by atoms with Crippen LogP contribution < -0.4 is 10.6 Å². The van der Waals surface area contributed by atoms with Gasteiger partial charge in [-0.25, -0.2) is 4.98 Å². The van der Waals surface area contributed by atoms with Crippen molar-refractivity contribution in [1.29, 1.82) is 0 Å². The predicted octanol–water partition coefficient (Wildman–Crippen LogP) is 2.44. The summed E-state index contributed by atoms with van der Waals surface area (Å²) >= 11 is 1.66. The fourth-order valence-corrected chi connectivity index (χ4v) is 3.28. The highest BCUT2D eigenvalue weighted by Gasteiger charge is 2.05. The van der Waals surface area contributed by atoms with E-state index in [1.54, 1.807) is 25.5 Å². The Hall–Kier alpha value is -1.96. The smallest absolute Gasteiger partial charge is 0.191 e. The third kappa shape index (κ3) is 7.11. The van der Waals surface area contributed by atoms with Crippen LogP contribution in [0.25, 0.3) is 10.6 Å². The lowest BCUT2D eigenvalue weighted by atomic mass is 10.2. The van der Waals surface area contributed by atoms with Crippen molar-refractivity contribution >= 4 is 17.3 Å². The van der Waals surface area contributed by atoms with E-state index in [1.165, 1.54) is 0 Å². The minimum absolute atomic E-state index is 0.659. The summed E-state index contributed by atoms with van der Waals surface area (Å²) in [5.74, 6) is 0.796. The molecule has 1 heterocycles. The van der Waals surface area contributed by atoms with Crippen molar-refractivity contribution in [3.05, 3.63) is 41.4 Å². The Balaban J connectivity index is 1.71. The number of nitrogens with one attached hydrogen (secondary N) is 2. The molecule has 7 heteroatoms. The summed E-state index contributed by atoms with van der Waals surface area (Å²) < 4.78 is 5.08. The molecule has 0 saturated heterocycles. The molecule has 1 aromatic carbocycles. The second kappa shape index (κ2) is 11.6. The van der Waals surface area contributed by atoms with Crippen LogP contribution in [0.4, 0.5) is 0 Å². The van der Waals surface area contributed by atoms with Gasteiger partial charge in [-0.3, -0.25) is 4.99 Å². The molecule has 0 fully saturated rings. The molecule has 1 aromatic heterocycles. The monoisotopic (exact) mass is 375 g/mol. The van der Waals surface area contributed by atoms with Gasteiger partial charge in [-0.2, -0.15) is 0 Å². The normalized spacial score (nSPS) is 11.8. The molecule has 0 aliphatic heterocycles. The van der Waals surface area contributed by atoms with Crippen LogP contribution in [0.5, 0.6) is 0 Å². The first-order valence-corrected chi connectivity index (χ1v) is 9.72. The number of hydrogen-bond donors (Lipinski definition) is 2. The third-order valence-electron chi connectivity index (χ3n) is 3.91. The van der Waals surface area contributed by atoms with Crippen LogP contribution in [0.3, 0.4) is 0 Å². The van der Waals surface area contributed by atoms with Gasteiger partial charge in [-0.15, -0.1) is 11.3 Å². The highest BCUT2D eigenvalue weighted by atomic mass is 32.1. The van der Waals surface area contributed by atoms with E-state index in [0.29, 0.717) is 6.54 Å². The first-order chi connectivity index (χ1) is 12.7. The molecule has 2 rings (SSSR count). The van der Waals surface area contributed by atoms with Gasteiger partial charge in [-0.05, 0) is 13.5 Å². The molecule has 2 aromatic rings. The van der Waals surface area contributed by atoms with Gasteiger partial charge in [0.2, 0.25) is 0 Å². The molecular formula is C19H29N5OS. The third-order valence-corrected chi connectivity index (χ3v) is 4.85. The summed E-state index contributed by atoms with van der Waals surface area (Å²) in [6, 6.07) is 10.3. The Morgan fingerprint density at radius 1 is 1.23 bits per heavy atom. The number of benzene rings is 1. The molecule has 2 N–H and O–H groups in total. The number of likely N-dealkylation sites (N-methyl/N-ethyl adjacent to an activating group) is 1. The van der Waals surface area contributed by atoms with E-state index < -0.39 is 0 Å². The number of methoxy groups -OCH3 is 1. The van der Waals surface area contributed by atoms with Gasteiger partial charge in [0.05, 0.1) is 12.2 Å². The number of hydrogen-bond acceptors (Lipinski definition) is 5. The second-order valence-corrected chi connectivity index (χ2v) is 6.87. The second-order valence-electron chi connectivity index (χ2n) is 6.01. The molecule has 0 aliphatic carbocycles. The Morgan fingerprint density at radius 2 is 2.04 bits per heavy atom. The van der Waals surface area contributed by atoms with E-state index >= 15 is 0 Å². The van der Waals surface area contributed by atoms with Crippen molar-refractivity contribution in [2.45, 2.75) is 13.0 Å². The van der Waals surface area contributed by atoms with Gasteiger partial charge < -0.3 is 20.3 Å². The summed E-state index contributed by atoms with van der Waals surface area (Å²) in [7, 11) is 5.64. The van der Waals surface area contributed by atoms with E-state index in [-0.39, 0.29) is 0 Å². The lowest BCUT2D eigenvalue weighted by molar-refractivity contribution is 0.180. The van der Waals surface area contributed by atoms with Gasteiger partial charge in [0.25, 0.3) is 0 Å². The summed E-state index contributed by atoms with van der Waals surface area (Å²) in [6.45, 7) is 4.30. The Morgan fingerprint density at radius 3 is 2.77 bits per heavy atom. The number of thiazole rings is 1. The number of ether oxygens (including phenoxy) is 1. The van der Waals surface area contributed by atoms with Crippen LogP contribution >= 0.6 is 11.3 Å². The van der Waals surface area contributed by atoms with Crippen LogP contribution in [-0.2, 0) is 11.3 Å². The lowest BCUT2D eigenvalue weighted by Crippen LogP contribution is -2.40. The molecule has 26 heavy (non-hydrogen) atoms. The summed E-state index contributed by atoms with van der Waals surface area (Å²) in [5, 5.41) is 9.80. The molecule has 0 aliphatic rings. The predicted molar refractivity (Wildman–Crippen MR) is 110 cm³/mol. The summed E-state index contributed by atoms with van der Waals surface area (Å²) in [6.07, 6.45) is 1.05. The fraction of sp³-hybridized carbons (Fsp3) is 0.474.